The molecule has 0 radical (unpaired) electrons. The van der Waals surface area contributed by atoms with Crippen LogP contribution in [-0.4, -0.2) is 5.78 Å². The van der Waals surface area contributed by atoms with E-state index < -0.39 is 0 Å². The SMILES string of the molecule is CCc1ccc(-c2ccc(C)cc2F)cc1C1=C(C)C2CCC(C2)C1=O. The largest absolute Gasteiger partial charge is 0.294 e. The summed E-state index contributed by atoms with van der Waals surface area (Å²) in [7, 11) is 0. The third-order valence-corrected chi connectivity index (χ3v) is 6.25. The van der Waals surface area contributed by atoms with Gasteiger partial charge < -0.3 is 0 Å². The molecular weight excluding hydrogens is 323 g/mol. The molecule has 0 N–H and O–H groups in total. The molecule has 1 saturated carbocycles. The Morgan fingerprint density at radius 2 is 1.77 bits per heavy atom. The van der Waals surface area contributed by atoms with Crippen LogP contribution in [0.1, 0.15) is 49.8 Å². The second kappa shape index (κ2) is 6.50. The molecule has 2 aliphatic rings. The molecule has 2 aliphatic carbocycles. The van der Waals surface area contributed by atoms with E-state index in [4.69, 9.17) is 0 Å². The van der Waals surface area contributed by atoms with E-state index in [0.717, 1.165) is 47.9 Å². The number of allylic oxidation sites excluding steroid dienone is 2. The van der Waals surface area contributed by atoms with Gasteiger partial charge in [-0.1, -0.05) is 36.8 Å². The zero-order valence-electron chi connectivity index (χ0n) is 15.7. The van der Waals surface area contributed by atoms with Crippen LogP contribution in [0, 0.1) is 24.6 Å². The number of ketones is 1. The number of fused-ring (bicyclic) bond motifs is 2. The zero-order valence-corrected chi connectivity index (χ0v) is 15.7. The van der Waals surface area contributed by atoms with Gasteiger partial charge in [0, 0.05) is 17.1 Å². The van der Waals surface area contributed by atoms with E-state index in [1.807, 2.05) is 31.2 Å². The number of halogens is 1. The van der Waals surface area contributed by atoms with E-state index >= 15 is 0 Å². The highest BCUT2D eigenvalue weighted by Gasteiger charge is 2.39. The first kappa shape index (κ1) is 17.2. The van der Waals surface area contributed by atoms with Crippen LogP contribution in [0.15, 0.2) is 42.0 Å². The number of benzene rings is 2. The van der Waals surface area contributed by atoms with Crippen LogP contribution in [0.25, 0.3) is 16.7 Å². The molecule has 2 aromatic rings. The van der Waals surface area contributed by atoms with Crippen LogP contribution >= 0.6 is 0 Å². The average molecular weight is 348 g/mol. The van der Waals surface area contributed by atoms with Gasteiger partial charge in [-0.15, -0.1) is 0 Å². The molecule has 2 unspecified atom stereocenters. The van der Waals surface area contributed by atoms with Crippen molar-refractivity contribution in [1.29, 1.82) is 0 Å². The maximum absolute atomic E-state index is 14.5. The van der Waals surface area contributed by atoms with Gasteiger partial charge in [-0.2, -0.15) is 0 Å². The summed E-state index contributed by atoms with van der Waals surface area (Å²) in [5.74, 6) is 0.814. The molecule has 2 atom stereocenters. The third-order valence-electron chi connectivity index (χ3n) is 6.25. The lowest BCUT2D eigenvalue weighted by molar-refractivity contribution is -0.117. The van der Waals surface area contributed by atoms with E-state index in [1.54, 1.807) is 6.07 Å². The summed E-state index contributed by atoms with van der Waals surface area (Å²) >= 11 is 0. The fraction of sp³-hybridized carbons (Fsp3) is 0.375. The summed E-state index contributed by atoms with van der Waals surface area (Å²) in [6.45, 7) is 6.13. The summed E-state index contributed by atoms with van der Waals surface area (Å²) in [5.41, 5.74) is 6.70. The molecule has 0 amide bonds. The Balaban J connectivity index is 1.88. The fourth-order valence-electron chi connectivity index (χ4n) is 4.70. The van der Waals surface area contributed by atoms with E-state index in [2.05, 4.69) is 19.9 Å². The average Bonchev–Trinajstić information content (AvgIpc) is 3.07. The van der Waals surface area contributed by atoms with Gasteiger partial charge in [0.15, 0.2) is 5.78 Å². The Kier molecular flexibility index (Phi) is 4.30. The maximum Gasteiger partial charge on any atom is 0.166 e. The second-order valence-corrected chi connectivity index (χ2v) is 7.84. The van der Waals surface area contributed by atoms with Gasteiger partial charge >= 0.3 is 0 Å². The fourth-order valence-corrected chi connectivity index (χ4v) is 4.70. The van der Waals surface area contributed by atoms with Gasteiger partial charge in [0.05, 0.1) is 0 Å². The predicted octanol–water partition coefficient (Wildman–Crippen LogP) is 6.14. The first-order valence-corrected chi connectivity index (χ1v) is 9.64. The molecule has 134 valence electrons. The first-order chi connectivity index (χ1) is 12.5. The van der Waals surface area contributed by atoms with Crippen molar-refractivity contribution in [3.05, 3.63) is 64.5 Å². The Labute approximate surface area is 154 Å². The standard InChI is InChI=1S/C24H25FO/c1-4-16-6-8-18(20-10-5-14(2)11-22(20)25)13-21(16)23-15(3)17-7-9-19(12-17)24(23)26/h5-6,8,10-11,13,17,19H,4,7,9,12H2,1-3H3. The minimum atomic E-state index is -0.207. The van der Waals surface area contributed by atoms with Crippen molar-refractivity contribution in [2.45, 2.75) is 46.5 Å². The number of hydrogen-bond acceptors (Lipinski definition) is 1. The number of carbonyl (C=O) groups excluding carboxylic acids is 1. The van der Waals surface area contributed by atoms with Crippen LogP contribution in [0.3, 0.4) is 0 Å². The minimum Gasteiger partial charge on any atom is -0.294 e. The van der Waals surface area contributed by atoms with Crippen LogP contribution in [-0.2, 0) is 11.2 Å². The molecule has 1 fully saturated rings. The molecule has 0 aliphatic heterocycles. The lowest BCUT2D eigenvalue weighted by Crippen LogP contribution is -2.21. The second-order valence-electron chi connectivity index (χ2n) is 7.84. The van der Waals surface area contributed by atoms with Gasteiger partial charge in [-0.25, -0.2) is 4.39 Å². The molecular formula is C24H25FO. The van der Waals surface area contributed by atoms with Crippen molar-refractivity contribution in [2.75, 3.05) is 0 Å². The Morgan fingerprint density at radius 1 is 1.00 bits per heavy atom. The van der Waals surface area contributed by atoms with Gasteiger partial charge in [-0.3, -0.25) is 4.79 Å². The zero-order chi connectivity index (χ0) is 18.4. The molecule has 1 nitrogen and oxygen atoms in total. The van der Waals surface area contributed by atoms with E-state index in [-0.39, 0.29) is 11.7 Å². The Bertz CT molecular complexity index is 922. The molecule has 26 heavy (non-hydrogen) atoms. The van der Waals surface area contributed by atoms with Crippen molar-refractivity contribution in [2.24, 2.45) is 11.8 Å². The quantitative estimate of drug-likeness (QED) is 0.651. The molecule has 0 saturated heterocycles. The van der Waals surface area contributed by atoms with Gasteiger partial charge in [0.1, 0.15) is 5.82 Å². The van der Waals surface area contributed by atoms with Crippen LogP contribution in [0.5, 0.6) is 0 Å². The maximum atomic E-state index is 14.5. The molecule has 4 rings (SSSR count). The van der Waals surface area contributed by atoms with Crippen LogP contribution in [0.2, 0.25) is 0 Å². The van der Waals surface area contributed by atoms with Crippen LogP contribution < -0.4 is 0 Å². The van der Waals surface area contributed by atoms with Crippen molar-refractivity contribution in [3.63, 3.8) is 0 Å². The highest BCUT2D eigenvalue weighted by atomic mass is 19.1. The number of rotatable bonds is 3. The molecule has 0 aromatic heterocycles. The van der Waals surface area contributed by atoms with Crippen LogP contribution in [0.4, 0.5) is 4.39 Å². The first-order valence-electron chi connectivity index (χ1n) is 9.64. The number of aryl methyl sites for hydroxylation is 2. The van der Waals surface area contributed by atoms with Crippen molar-refractivity contribution in [1.82, 2.24) is 0 Å². The predicted molar refractivity (Wildman–Crippen MR) is 104 cm³/mol. The normalized spacial score (nSPS) is 22.2. The lowest BCUT2D eigenvalue weighted by Gasteiger charge is -2.25. The number of Topliss-reactive ketones (excluding diaryl/α,β-unsaturated/α-hetero) is 1. The molecule has 0 heterocycles. The highest BCUT2D eigenvalue weighted by Crippen LogP contribution is 2.47. The molecule has 2 bridgehead atoms. The van der Waals surface area contributed by atoms with Crippen molar-refractivity contribution >= 4 is 11.4 Å². The Morgan fingerprint density at radius 3 is 2.50 bits per heavy atom. The van der Waals surface area contributed by atoms with E-state index in [9.17, 15) is 9.18 Å². The summed E-state index contributed by atoms with van der Waals surface area (Å²) < 4.78 is 14.5. The minimum absolute atomic E-state index is 0.183. The number of hydrogen-bond donors (Lipinski definition) is 0. The van der Waals surface area contributed by atoms with E-state index in [1.165, 1.54) is 11.1 Å². The highest BCUT2D eigenvalue weighted by molar-refractivity contribution is 6.24. The Hall–Kier alpha value is -2.22. The molecule has 2 aromatic carbocycles. The molecule has 0 spiro atoms. The monoisotopic (exact) mass is 348 g/mol. The topological polar surface area (TPSA) is 17.1 Å². The smallest absolute Gasteiger partial charge is 0.166 e. The lowest BCUT2D eigenvalue weighted by atomic mass is 9.78. The summed E-state index contributed by atoms with van der Waals surface area (Å²) in [5, 5.41) is 0. The van der Waals surface area contributed by atoms with Gasteiger partial charge in [0.25, 0.3) is 0 Å². The van der Waals surface area contributed by atoms with Gasteiger partial charge in [0.2, 0.25) is 0 Å². The summed E-state index contributed by atoms with van der Waals surface area (Å²) in [6.07, 6.45) is 4.02. The van der Waals surface area contributed by atoms with E-state index in [0.29, 0.717) is 17.3 Å². The number of carbonyl (C=O) groups is 1. The van der Waals surface area contributed by atoms with Gasteiger partial charge in [-0.05, 0) is 79.8 Å². The summed E-state index contributed by atoms with van der Waals surface area (Å²) in [4.78, 5) is 13.1. The summed E-state index contributed by atoms with van der Waals surface area (Å²) in [6, 6.07) is 11.4. The van der Waals surface area contributed by atoms with Crippen molar-refractivity contribution in [3.8, 4) is 11.1 Å². The van der Waals surface area contributed by atoms with Crippen molar-refractivity contribution < 1.29 is 9.18 Å². The molecule has 2 heteroatoms. The third kappa shape index (κ3) is 2.72.